The number of halogens is 1. The molecule has 0 saturated heterocycles. The van der Waals surface area contributed by atoms with Gasteiger partial charge < -0.3 is 20.1 Å². The first-order chi connectivity index (χ1) is 9.17. The Hall–Kier alpha value is -0.850. The van der Waals surface area contributed by atoms with Gasteiger partial charge in [-0.15, -0.1) is 0 Å². The molecule has 0 amide bonds. The van der Waals surface area contributed by atoms with Crippen molar-refractivity contribution in [3.05, 3.63) is 28.8 Å². The second-order valence-corrected chi connectivity index (χ2v) is 4.92. The third-order valence-electron chi connectivity index (χ3n) is 3.31. The fraction of sp³-hybridized carbons (Fsp3) is 0.538. The number of nitrogens with zero attached hydrogens (tertiary/aromatic N) is 1. The van der Waals surface area contributed by atoms with Gasteiger partial charge in [0.25, 0.3) is 0 Å². The van der Waals surface area contributed by atoms with Gasteiger partial charge in [0.05, 0.1) is 19.3 Å². The lowest BCUT2D eigenvalue weighted by Crippen LogP contribution is -2.48. The predicted molar refractivity (Wildman–Crippen MR) is 71.4 cm³/mol. The third-order valence-corrected chi connectivity index (χ3v) is 3.54. The molecule has 1 aromatic carbocycles. The van der Waals surface area contributed by atoms with Crippen molar-refractivity contribution >= 4 is 11.6 Å². The molecule has 0 spiro atoms. The molecule has 0 aromatic heterocycles. The molecule has 2 rings (SSSR count). The van der Waals surface area contributed by atoms with Crippen LogP contribution in [-0.2, 0) is 0 Å². The number of ether oxygens (including phenoxy) is 1. The van der Waals surface area contributed by atoms with Crippen molar-refractivity contribution < 1.29 is 20.1 Å². The zero-order valence-corrected chi connectivity index (χ0v) is 11.3. The van der Waals surface area contributed by atoms with Crippen LogP contribution in [0, 0.1) is 0 Å². The van der Waals surface area contributed by atoms with E-state index >= 15 is 0 Å². The molecule has 1 aromatic rings. The summed E-state index contributed by atoms with van der Waals surface area (Å²) in [6.45, 7) is 0.996. The lowest BCUT2D eigenvalue weighted by molar-refractivity contribution is -0.00862. The van der Waals surface area contributed by atoms with E-state index < -0.39 is 6.10 Å². The summed E-state index contributed by atoms with van der Waals surface area (Å²) in [7, 11) is 0. The molecule has 0 fully saturated rings. The van der Waals surface area contributed by atoms with Crippen molar-refractivity contribution in [2.45, 2.75) is 12.1 Å². The molecule has 1 heterocycles. The van der Waals surface area contributed by atoms with Gasteiger partial charge in [-0.3, -0.25) is 4.90 Å². The van der Waals surface area contributed by atoms with Crippen molar-refractivity contribution in [3.8, 4) is 5.75 Å². The Morgan fingerprint density at radius 3 is 2.58 bits per heavy atom. The molecule has 0 saturated carbocycles. The van der Waals surface area contributed by atoms with E-state index in [1.165, 1.54) is 0 Å². The van der Waals surface area contributed by atoms with E-state index in [2.05, 4.69) is 0 Å². The van der Waals surface area contributed by atoms with E-state index in [9.17, 15) is 5.11 Å². The van der Waals surface area contributed by atoms with Gasteiger partial charge in [-0.05, 0) is 18.2 Å². The van der Waals surface area contributed by atoms with Crippen LogP contribution in [-0.4, -0.2) is 59.2 Å². The molecule has 19 heavy (non-hydrogen) atoms. The molecule has 6 heteroatoms. The van der Waals surface area contributed by atoms with E-state index in [-0.39, 0.29) is 19.3 Å². The molecule has 1 aliphatic heterocycles. The van der Waals surface area contributed by atoms with E-state index in [0.29, 0.717) is 36.0 Å². The Labute approximate surface area is 117 Å². The fourth-order valence-electron chi connectivity index (χ4n) is 2.36. The van der Waals surface area contributed by atoms with E-state index in [0.717, 1.165) is 0 Å². The van der Waals surface area contributed by atoms with Crippen LogP contribution in [0.4, 0.5) is 0 Å². The second kappa shape index (κ2) is 6.54. The third kappa shape index (κ3) is 3.19. The molecular formula is C13H18ClNO4. The number of aliphatic hydroxyl groups is 3. The number of benzene rings is 1. The minimum atomic E-state index is -0.749. The first-order valence-electron chi connectivity index (χ1n) is 6.23. The van der Waals surface area contributed by atoms with Crippen molar-refractivity contribution in [2.75, 3.05) is 32.9 Å². The molecule has 0 aliphatic carbocycles. The Kier molecular flexibility index (Phi) is 5.01. The second-order valence-electron chi connectivity index (χ2n) is 4.49. The van der Waals surface area contributed by atoms with E-state index in [1.807, 2.05) is 4.90 Å². The summed E-state index contributed by atoms with van der Waals surface area (Å²) < 4.78 is 5.61. The van der Waals surface area contributed by atoms with Gasteiger partial charge >= 0.3 is 0 Å². The maximum atomic E-state index is 10.4. The van der Waals surface area contributed by atoms with Gasteiger partial charge in [-0.25, -0.2) is 0 Å². The molecular weight excluding hydrogens is 270 g/mol. The summed E-state index contributed by atoms with van der Waals surface area (Å²) in [4.78, 5) is 1.81. The van der Waals surface area contributed by atoms with E-state index in [1.54, 1.807) is 18.2 Å². The average molecular weight is 288 g/mol. The zero-order valence-electron chi connectivity index (χ0n) is 10.5. The molecule has 0 bridgehead atoms. The Morgan fingerprint density at radius 2 is 1.95 bits per heavy atom. The smallest absolute Gasteiger partial charge is 0.125 e. The number of aliphatic hydroxyl groups excluding tert-OH is 3. The zero-order chi connectivity index (χ0) is 13.8. The Morgan fingerprint density at radius 1 is 1.26 bits per heavy atom. The van der Waals surface area contributed by atoms with Crippen LogP contribution in [0.3, 0.4) is 0 Å². The van der Waals surface area contributed by atoms with Gasteiger partial charge in [0.2, 0.25) is 0 Å². The van der Waals surface area contributed by atoms with Crippen molar-refractivity contribution in [1.29, 1.82) is 0 Å². The van der Waals surface area contributed by atoms with Crippen LogP contribution in [0.2, 0.25) is 5.02 Å². The van der Waals surface area contributed by atoms with Gasteiger partial charge in [0.1, 0.15) is 18.5 Å². The number of hydrogen-bond donors (Lipinski definition) is 3. The van der Waals surface area contributed by atoms with Gasteiger partial charge in [-0.2, -0.15) is 0 Å². The quantitative estimate of drug-likeness (QED) is 0.732. The molecule has 0 radical (unpaired) electrons. The predicted octanol–water partition coefficient (Wildman–Crippen LogP) is 0.421. The van der Waals surface area contributed by atoms with Crippen molar-refractivity contribution in [2.24, 2.45) is 0 Å². The fourth-order valence-corrected chi connectivity index (χ4v) is 2.54. The summed E-state index contributed by atoms with van der Waals surface area (Å²) in [5.41, 5.74) is 0.643. The highest BCUT2D eigenvalue weighted by atomic mass is 35.5. The minimum Gasteiger partial charge on any atom is -0.491 e. The topological polar surface area (TPSA) is 73.2 Å². The monoisotopic (exact) mass is 287 g/mol. The first-order valence-corrected chi connectivity index (χ1v) is 6.61. The van der Waals surface area contributed by atoms with Crippen LogP contribution in [0.5, 0.6) is 5.75 Å². The first kappa shape index (κ1) is 14.6. The maximum absolute atomic E-state index is 10.4. The van der Waals surface area contributed by atoms with Gasteiger partial charge in [0.15, 0.2) is 0 Å². The Balaban J connectivity index is 2.21. The van der Waals surface area contributed by atoms with Crippen molar-refractivity contribution in [3.63, 3.8) is 0 Å². The van der Waals surface area contributed by atoms with Crippen LogP contribution < -0.4 is 4.74 Å². The number of hydrogen-bond acceptors (Lipinski definition) is 5. The standard InChI is InChI=1S/C13H18ClNO4/c14-9-1-2-12-10(7-9)13(18)11(8-19-12)15(3-5-16)4-6-17/h1-2,7,11,13,16-18H,3-6,8H2. The number of fused-ring (bicyclic) bond motifs is 1. The minimum absolute atomic E-state index is 0.0361. The van der Waals surface area contributed by atoms with Crippen LogP contribution in [0.15, 0.2) is 18.2 Å². The van der Waals surface area contributed by atoms with Gasteiger partial charge in [-0.1, -0.05) is 11.6 Å². The van der Waals surface area contributed by atoms with E-state index in [4.69, 9.17) is 26.6 Å². The lowest BCUT2D eigenvalue weighted by Gasteiger charge is -2.37. The Bertz CT molecular complexity index is 423. The van der Waals surface area contributed by atoms with Crippen molar-refractivity contribution in [1.82, 2.24) is 4.90 Å². The molecule has 106 valence electrons. The molecule has 3 N–H and O–H groups in total. The van der Waals surface area contributed by atoms with Crippen LogP contribution >= 0.6 is 11.6 Å². The van der Waals surface area contributed by atoms with Gasteiger partial charge in [0, 0.05) is 23.7 Å². The molecule has 1 aliphatic rings. The SMILES string of the molecule is OCCN(CCO)C1COc2ccc(Cl)cc2C1O. The summed E-state index contributed by atoms with van der Waals surface area (Å²) in [5, 5.41) is 29.1. The summed E-state index contributed by atoms with van der Waals surface area (Å²) in [6.07, 6.45) is -0.749. The maximum Gasteiger partial charge on any atom is 0.125 e. The highest BCUT2D eigenvalue weighted by Crippen LogP contribution is 2.35. The molecule has 2 atom stereocenters. The highest BCUT2D eigenvalue weighted by molar-refractivity contribution is 6.30. The summed E-state index contributed by atoms with van der Waals surface area (Å²) in [5.74, 6) is 0.626. The number of rotatable bonds is 5. The largest absolute Gasteiger partial charge is 0.491 e. The highest BCUT2D eigenvalue weighted by Gasteiger charge is 2.33. The molecule has 5 nitrogen and oxygen atoms in total. The van der Waals surface area contributed by atoms with Crippen LogP contribution in [0.25, 0.3) is 0 Å². The average Bonchev–Trinajstić information content (AvgIpc) is 2.40. The van der Waals surface area contributed by atoms with Crippen LogP contribution in [0.1, 0.15) is 11.7 Å². The molecule has 2 unspecified atom stereocenters. The summed E-state index contributed by atoms with van der Waals surface area (Å²) in [6, 6.07) is 4.83. The normalized spacial score (nSPS) is 22.2. The summed E-state index contributed by atoms with van der Waals surface area (Å²) >= 11 is 5.93. The lowest BCUT2D eigenvalue weighted by atomic mass is 9.98.